The molecule has 0 N–H and O–H groups in total. The summed E-state index contributed by atoms with van der Waals surface area (Å²) in [5.74, 6) is -0.815. The summed E-state index contributed by atoms with van der Waals surface area (Å²) in [7, 11) is -3.68. The lowest BCUT2D eigenvalue weighted by Gasteiger charge is -2.21. The van der Waals surface area contributed by atoms with Crippen LogP contribution in [0.25, 0.3) is 0 Å². The maximum atomic E-state index is 11.7. The molecule has 0 aromatic heterocycles. The first kappa shape index (κ1) is 16.3. The molecule has 0 spiro atoms. The fraction of sp³-hybridized carbons (Fsp3) is 0.333. The number of anilines is 1. The van der Waals surface area contributed by atoms with E-state index in [4.69, 9.17) is 21.6 Å². The molecule has 0 heterocycles. The summed E-state index contributed by atoms with van der Waals surface area (Å²) in [6.07, 6.45) is 0.0258. The second-order valence-corrected chi connectivity index (χ2v) is 6.35. The van der Waals surface area contributed by atoms with Gasteiger partial charge in [0, 0.05) is 5.02 Å². The number of hydrogen-bond donors (Lipinski definition) is 0. The number of rotatable bonds is 5. The number of sulfonamides is 1. The molecular weight excluding hydrogens is 304 g/mol. The van der Waals surface area contributed by atoms with Gasteiger partial charge in [0.15, 0.2) is 6.10 Å². The monoisotopic (exact) mass is 316 g/mol. The molecule has 0 aliphatic heterocycles. The lowest BCUT2D eigenvalue weighted by molar-refractivity contribution is -0.143. The highest BCUT2D eigenvalue weighted by atomic mass is 35.5. The first-order valence-electron chi connectivity index (χ1n) is 5.56. The van der Waals surface area contributed by atoms with Gasteiger partial charge in [0.2, 0.25) is 10.0 Å². The van der Waals surface area contributed by atoms with Gasteiger partial charge >= 0.3 is 5.97 Å². The third kappa shape index (κ3) is 4.72. The van der Waals surface area contributed by atoms with Gasteiger partial charge in [0.05, 0.1) is 11.9 Å². The van der Waals surface area contributed by atoms with Gasteiger partial charge in [-0.05, 0) is 25.1 Å². The van der Waals surface area contributed by atoms with Crippen LogP contribution in [-0.4, -0.2) is 33.3 Å². The minimum Gasteiger partial charge on any atom is -0.446 e. The van der Waals surface area contributed by atoms with Crippen molar-refractivity contribution in [2.75, 3.05) is 17.1 Å². The minimum atomic E-state index is -3.68. The summed E-state index contributed by atoms with van der Waals surface area (Å²) >= 11 is 5.80. The Morgan fingerprint density at radius 1 is 1.55 bits per heavy atom. The highest BCUT2D eigenvalue weighted by molar-refractivity contribution is 7.92. The molecule has 0 amide bonds. The van der Waals surface area contributed by atoms with E-state index in [2.05, 4.69) is 0 Å². The number of hydrogen-bond acceptors (Lipinski definition) is 5. The maximum Gasteiger partial charge on any atom is 0.328 e. The number of carbonyl (C=O) groups is 1. The van der Waals surface area contributed by atoms with Crippen molar-refractivity contribution in [2.24, 2.45) is 0 Å². The smallest absolute Gasteiger partial charge is 0.328 e. The molecule has 1 aromatic carbocycles. The van der Waals surface area contributed by atoms with Gasteiger partial charge in [0.25, 0.3) is 0 Å². The Balaban J connectivity index is 2.99. The molecule has 1 atom stereocenters. The number of nitrogens with zero attached hydrogens (tertiary/aromatic N) is 2. The highest BCUT2D eigenvalue weighted by Crippen LogP contribution is 2.21. The van der Waals surface area contributed by atoms with E-state index in [0.717, 1.165) is 10.6 Å². The van der Waals surface area contributed by atoms with E-state index >= 15 is 0 Å². The number of benzene rings is 1. The van der Waals surface area contributed by atoms with Crippen molar-refractivity contribution in [1.82, 2.24) is 0 Å². The van der Waals surface area contributed by atoms with Gasteiger partial charge in [-0.1, -0.05) is 17.7 Å². The van der Waals surface area contributed by atoms with Crippen molar-refractivity contribution < 1.29 is 17.9 Å². The zero-order valence-corrected chi connectivity index (χ0v) is 12.5. The van der Waals surface area contributed by atoms with Crippen molar-refractivity contribution in [1.29, 1.82) is 5.26 Å². The van der Waals surface area contributed by atoms with Crippen molar-refractivity contribution >= 4 is 33.3 Å². The van der Waals surface area contributed by atoms with E-state index < -0.39 is 28.6 Å². The SMILES string of the molecule is C[C@H](C#N)OC(=O)CN(c1cccc(Cl)c1)S(C)(=O)=O. The van der Waals surface area contributed by atoms with Crippen LogP contribution in [0.3, 0.4) is 0 Å². The third-order valence-electron chi connectivity index (χ3n) is 2.26. The van der Waals surface area contributed by atoms with Gasteiger partial charge < -0.3 is 4.74 Å². The predicted octanol–water partition coefficient (Wildman–Crippen LogP) is 1.56. The Labute approximate surface area is 122 Å². The van der Waals surface area contributed by atoms with Crippen LogP contribution < -0.4 is 4.31 Å². The molecule has 8 heteroatoms. The van der Waals surface area contributed by atoms with E-state index in [1.165, 1.54) is 19.1 Å². The van der Waals surface area contributed by atoms with Gasteiger partial charge in [0.1, 0.15) is 12.6 Å². The van der Waals surface area contributed by atoms with Crippen LogP contribution in [0.15, 0.2) is 24.3 Å². The second kappa shape index (κ2) is 6.59. The maximum absolute atomic E-state index is 11.7. The van der Waals surface area contributed by atoms with Gasteiger partial charge in [-0.3, -0.25) is 9.10 Å². The molecule has 1 aromatic rings. The Kier molecular flexibility index (Phi) is 5.36. The van der Waals surface area contributed by atoms with Crippen molar-refractivity contribution in [3.63, 3.8) is 0 Å². The number of halogens is 1. The van der Waals surface area contributed by atoms with E-state index in [1.807, 2.05) is 0 Å². The topological polar surface area (TPSA) is 87.5 Å². The summed E-state index contributed by atoms with van der Waals surface area (Å²) in [6.45, 7) is 0.868. The summed E-state index contributed by atoms with van der Waals surface area (Å²) in [5.41, 5.74) is 0.251. The zero-order valence-electron chi connectivity index (χ0n) is 10.9. The first-order valence-corrected chi connectivity index (χ1v) is 7.79. The molecule has 0 unspecified atom stereocenters. The average Bonchev–Trinajstić information content (AvgIpc) is 2.34. The molecule has 0 saturated heterocycles. The Bertz CT molecular complexity index is 639. The lowest BCUT2D eigenvalue weighted by atomic mass is 10.3. The Morgan fingerprint density at radius 2 is 2.20 bits per heavy atom. The van der Waals surface area contributed by atoms with Crippen molar-refractivity contribution in [3.05, 3.63) is 29.3 Å². The fourth-order valence-electron chi connectivity index (χ4n) is 1.41. The summed E-state index contributed by atoms with van der Waals surface area (Å²) in [5, 5.41) is 8.90. The molecule has 6 nitrogen and oxygen atoms in total. The number of esters is 1. The zero-order chi connectivity index (χ0) is 15.3. The predicted molar refractivity (Wildman–Crippen MR) is 74.8 cm³/mol. The van der Waals surface area contributed by atoms with E-state index in [0.29, 0.717) is 5.02 Å². The summed E-state index contributed by atoms with van der Waals surface area (Å²) in [4.78, 5) is 11.6. The molecule has 1 rings (SSSR count). The van der Waals surface area contributed by atoms with Crippen LogP contribution in [0.1, 0.15) is 6.92 Å². The van der Waals surface area contributed by atoms with Gasteiger partial charge in [-0.25, -0.2) is 8.42 Å². The van der Waals surface area contributed by atoms with E-state index in [-0.39, 0.29) is 5.69 Å². The van der Waals surface area contributed by atoms with Crippen LogP contribution in [0.2, 0.25) is 5.02 Å². The molecule has 0 bridgehead atoms. The fourth-order valence-corrected chi connectivity index (χ4v) is 2.43. The number of nitriles is 1. The lowest BCUT2D eigenvalue weighted by Crippen LogP contribution is -2.36. The first-order chi connectivity index (χ1) is 9.24. The van der Waals surface area contributed by atoms with Crippen LogP contribution >= 0.6 is 11.6 Å². The van der Waals surface area contributed by atoms with Gasteiger partial charge in [-0.2, -0.15) is 5.26 Å². The van der Waals surface area contributed by atoms with Crippen LogP contribution in [0, 0.1) is 11.3 Å². The normalized spacial score (nSPS) is 12.3. The summed E-state index contributed by atoms with van der Waals surface area (Å²) in [6, 6.07) is 7.81. The van der Waals surface area contributed by atoms with Crippen molar-refractivity contribution in [2.45, 2.75) is 13.0 Å². The molecule has 108 valence electrons. The second-order valence-electron chi connectivity index (χ2n) is 4.01. The molecule has 0 saturated carbocycles. The number of ether oxygens (including phenoxy) is 1. The van der Waals surface area contributed by atoms with Crippen LogP contribution in [0.5, 0.6) is 0 Å². The quantitative estimate of drug-likeness (QED) is 0.769. The van der Waals surface area contributed by atoms with Crippen molar-refractivity contribution in [3.8, 4) is 6.07 Å². The molecule has 0 aliphatic rings. The molecule has 0 aliphatic carbocycles. The van der Waals surface area contributed by atoms with Gasteiger partial charge in [-0.15, -0.1) is 0 Å². The summed E-state index contributed by atoms with van der Waals surface area (Å²) < 4.78 is 29.1. The standard InChI is InChI=1S/C12H13ClN2O4S/c1-9(7-14)19-12(16)8-15(20(2,17)18)11-5-3-4-10(13)6-11/h3-6,9H,8H2,1-2H3/t9-/m1/s1. The van der Waals surface area contributed by atoms with Crippen LogP contribution in [-0.2, 0) is 19.6 Å². The molecule has 0 radical (unpaired) electrons. The Hall–Kier alpha value is -1.78. The average molecular weight is 317 g/mol. The van der Waals surface area contributed by atoms with E-state index in [1.54, 1.807) is 18.2 Å². The molecule has 0 fully saturated rings. The molecular formula is C12H13ClN2O4S. The van der Waals surface area contributed by atoms with E-state index in [9.17, 15) is 13.2 Å². The number of carbonyl (C=O) groups excluding carboxylic acids is 1. The highest BCUT2D eigenvalue weighted by Gasteiger charge is 2.22. The van der Waals surface area contributed by atoms with Crippen LogP contribution in [0.4, 0.5) is 5.69 Å². The molecule has 20 heavy (non-hydrogen) atoms. The largest absolute Gasteiger partial charge is 0.446 e. The Morgan fingerprint density at radius 3 is 2.70 bits per heavy atom. The third-order valence-corrected chi connectivity index (χ3v) is 3.63. The minimum absolute atomic E-state index is 0.251.